The zero-order valence-electron chi connectivity index (χ0n) is 16.6. The van der Waals surface area contributed by atoms with Gasteiger partial charge in [0.05, 0.1) is 23.4 Å². The van der Waals surface area contributed by atoms with E-state index in [9.17, 15) is 4.39 Å². The Morgan fingerprint density at radius 2 is 2.11 bits per heavy atom. The molecule has 2 aliphatic heterocycles. The van der Waals surface area contributed by atoms with Crippen molar-refractivity contribution in [2.24, 2.45) is 16.6 Å². The summed E-state index contributed by atoms with van der Waals surface area (Å²) in [5.74, 6) is 2.10. The molecule has 0 fully saturated rings. The Labute approximate surface area is 169 Å². The van der Waals surface area contributed by atoms with Crippen molar-refractivity contribution < 1.29 is 9.13 Å². The van der Waals surface area contributed by atoms with E-state index in [0.29, 0.717) is 17.2 Å². The van der Waals surface area contributed by atoms with E-state index in [1.165, 1.54) is 6.07 Å². The molecule has 1 aliphatic carbocycles. The van der Waals surface area contributed by atoms with Gasteiger partial charge in [-0.1, -0.05) is 18.2 Å². The minimum atomic E-state index is -0.687. The number of aliphatic imine (C=N–C) groups is 1. The fraction of sp³-hybridized carbons (Fsp3) is 0.409. The average molecular weight is 400 g/mol. The van der Waals surface area contributed by atoms with Crippen LogP contribution in [-0.4, -0.2) is 29.5 Å². The highest BCUT2D eigenvalue weighted by Gasteiger charge is 2.40. The lowest BCUT2D eigenvalue weighted by atomic mass is 9.91. The van der Waals surface area contributed by atoms with Gasteiger partial charge in [0, 0.05) is 22.9 Å². The number of nitrogens with zero attached hydrogens (tertiary/aromatic N) is 1. The Kier molecular flexibility index (Phi) is 4.57. The summed E-state index contributed by atoms with van der Waals surface area (Å²) in [6, 6.07) is 5.32. The quantitative estimate of drug-likeness (QED) is 0.808. The van der Waals surface area contributed by atoms with Gasteiger partial charge in [-0.3, -0.25) is 4.99 Å². The first kappa shape index (κ1) is 19.1. The maximum Gasteiger partial charge on any atom is 0.128 e. The van der Waals surface area contributed by atoms with Crippen LogP contribution < -0.4 is 11.1 Å². The van der Waals surface area contributed by atoms with E-state index < -0.39 is 5.54 Å². The molecule has 2 unspecified atom stereocenters. The predicted octanol–water partition coefficient (Wildman–Crippen LogP) is 3.95. The lowest BCUT2D eigenvalue weighted by molar-refractivity contribution is 0.250. The molecule has 0 saturated carbocycles. The second kappa shape index (κ2) is 6.69. The molecular formula is C22H26FN3OS. The summed E-state index contributed by atoms with van der Waals surface area (Å²) in [4.78, 5) is 4.72. The number of allylic oxidation sites excluding steroid dienone is 2. The van der Waals surface area contributed by atoms with E-state index in [1.807, 2.05) is 45.1 Å². The van der Waals surface area contributed by atoms with Gasteiger partial charge in [-0.25, -0.2) is 4.39 Å². The van der Waals surface area contributed by atoms with Gasteiger partial charge in [-0.15, -0.1) is 11.8 Å². The van der Waals surface area contributed by atoms with Gasteiger partial charge in [0.25, 0.3) is 0 Å². The van der Waals surface area contributed by atoms with E-state index in [-0.39, 0.29) is 22.5 Å². The lowest BCUT2D eigenvalue weighted by Crippen LogP contribution is -2.44. The summed E-state index contributed by atoms with van der Waals surface area (Å²) in [5.41, 5.74) is 8.02. The SMILES string of the molecule is COC1=CC=CC2C=C(c3ccc(F)c([C@]4(C)CSC(C)(C)C(N)=N4)c3)NC12. The van der Waals surface area contributed by atoms with Crippen LogP contribution in [0, 0.1) is 11.7 Å². The summed E-state index contributed by atoms with van der Waals surface area (Å²) < 4.78 is 20.1. The molecule has 148 valence electrons. The standard InChI is InChI=1S/C22H26FN3OS/c1-21(2)20(24)26-22(3,12-28-21)15-10-13(8-9-16(15)23)17-11-14-6-5-7-18(27-4)19(14)25-17/h5-11,14,19,25H,12H2,1-4H3,(H2,24,26)/t14?,19?,22-/m0/s1. The van der Waals surface area contributed by atoms with Crippen LogP contribution >= 0.6 is 11.8 Å². The molecule has 0 saturated heterocycles. The van der Waals surface area contributed by atoms with Crippen LogP contribution in [0.5, 0.6) is 0 Å². The second-order valence-corrected chi connectivity index (χ2v) is 9.80. The van der Waals surface area contributed by atoms with Crippen molar-refractivity contribution in [3.63, 3.8) is 0 Å². The van der Waals surface area contributed by atoms with Crippen molar-refractivity contribution >= 4 is 23.3 Å². The Balaban J connectivity index is 1.69. The highest BCUT2D eigenvalue weighted by Crippen LogP contribution is 2.42. The van der Waals surface area contributed by atoms with Crippen molar-refractivity contribution in [3.8, 4) is 0 Å². The van der Waals surface area contributed by atoms with Crippen molar-refractivity contribution in [2.45, 2.75) is 37.1 Å². The molecule has 0 aromatic heterocycles. The topological polar surface area (TPSA) is 59.6 Å². The van der Waals surface area contributed by atoms with Gasteiger partial charge in [-0.05, 0) is 50.6 Å². The molecule has 1 aromatic rings. The van der Waals surface area contributed by atoms with Gasteiger partial charge in [0.15, 0.2) is 0 Å². The Bertz CT molecular complexity index is 934. The summed E-state index contributed by atoms with van der Waals surface area (Å²) in [5, 5.41) is 3.52. The monoisotopic (exact) mass is 399 g/mol. The molecule has 6 heteroatoms. The number of nitrogens with two attached hydrogens (primary N) is 1. The fourth-order valence-electron chi connectivity index (χ4n) is 3.86. The number of methoxy groups -OCH3 is 1. The number of nitrogens with one attached hydrogen (secondary N) is 1. The van der Waals surface area contributed by atoms with Crippen LogP contribution in [0.3, 0.4) is 0 Å². The number of hydrogen-bond acceptors (Lipinski definition) is 5. The fourth-order valence-corrected chi connectivity index (χ4v) is 4.91. The molecule has 1 aromatic carbocycles. The third-order valence-corrected chi connectivity index (χ3v) is 7.38. The minimum absolute atomic E-state index is 0.0776. The Morgan fingerprint density at radius 1 is 1.32 bits per heavy atom. The largest absolute Gasteiger partial charge is 0.499 e. The number of rotatable bonds is 3. The Morgan fingerprint density at radius 3 is 2.82 bits per heavy atom. The average Bonchev–Trinajstić information content (AvgIpc) is 3.10. The van der Waals surface area contributed by atoms with Crippen molar-refractivity contribution in [1.82, 2.24) is 5.32 Å². The molecule has 0 radical (unpaired) electrons. The molecule has 3 aliphatic rings. The van der Waals surface area contributed by atoms with Gasteiger partial charge in [0.2, 0.25) is 0 Å². The second-order valence-electron chi connectivity index (χ2n) is 8.20. The maximum absolute atomic E-state index is 14.8. The highest BCUT2D eigenvalue weighted by atomic mass is 32.2. The maximum atomic E-state index is 14.8. The van der Waals surface area contributed by atoms with Crippen LogP contribution in [0.4, 0.5) is 4.39 Å². The van der Waals surface area contributed by atoms with E-state index in [1.54, 1.807) is 18.9 Å². The van der Waals surface area contributed by atoms with Crippen molar-refractivity contribution in [2.75, 3.05) is 12.9 Å². The lowest BCUT2D eigenvalue weighted by Gasteiger charge is -2.38. The summed E-state index contributed by atoms with van der Waals surface area (Å²) in [7, 11) is 1.68. The van der Waals surface area contributed by atoms with E-state index in [0.717, 1.165) is 17.0 Å². The number of fused-ring (bicyclic) bond motifs is 1. The predicted molar refractivity (Wildman–Crippen MR) is 115 cm³/mol. The van der Waals surface area contributed by atoms with E-state index in [4.69, 9.17) is 15.5 Å². The first-order valence-corrected chi connectivity index (χ1v) is 10.4. The first-order chi connectivity index (χ1) is 13.2. The molecule has 0 spiro atoms. The molecule has 3 N–H and O–H groups in total. The smallest absolute Gasteiger partial charge is 0.128 e. The van der Waals surface area contributed by atoms with Gasteiger partial charge < -0.3 is 15.8 Å². The zero-order valence-corrected chi connectivity index (χ0v) is 17.4. The molecule has 0 bridgehead atoms. The molecule has 0 amide bonds. The van der Waals surface area contributed by atoms with Crippen LogP contribution in [-0.2, 0) is 10.3 Å². The van der Waals surface area contributed by atoms with Crippen molar-refractivity contribution in [1.29, 1.82) is 0 Å². The van der Waals surface area contributed by atoms with Gasteiger partial charge >= 0.3 is 0 Å². The summed E-state index contributed by atoms with van der Waals surface area (Å²) >= 11 is 1.71. The van der Waals surface area contributed by atoms with Crippen LogP contribution in [0.25, 0.3) is 5.70 Å². The first-order valence-electron chi connectivity index (χ1n) is 9.44. The molecule has 2 heterocycles. The number of ether oxygens (including phenoxy) is 1. The zero-order chi connectivity index (χ0) is 20.1. The third-order valence-electron chi connectivity index (χ3n) is 5.75. The Hall–Kier alpha value is -2.21. The number of thioether (sulfide) groups is 1. The minimum Gasteiger partial charge on any atom is -0.499 e. The summed E-state index contributed by atoms with van der Waals surface area (Å²) in [6.45, 7) is 6.05. The van der Waals surface area contributed by atoms with Gasteiger partial charge in [0.1, 0.15) is 17.4 Å². The molecule has 4 nitrogen and oxygen atoms in total. The van der Waals surface area contributed by atoms with Crippen LogP contribution in [0.15, 0.2) is 53.3 Å². The molecule has 4 rings (SSSR count). The van der Waals surface area contributed by atoms with E-state index >= 15 is 0 Å². The summed E-state index contributed by atoms with van der Waals surface area (Å²) in [6.07, 6.45) is 8.30. The van der Waals surface area contributed by atoms with E-state index in [2.05, 4.69) is 17.5 Å². The number of hydrogen-bond donors (Lipinski definition) is 2. The van der Waals surface area contributed by atoms with Gasteiger partial charge in [-0.2, -0.15) is 0 Å². The number of amidine groups is 1. The van der Waals surface area contributed by atoms with Crippen molar-refractivity contribution in [3.05, 3.63) is 65.2 Å². The third kappa shape index (κ3) is 3.13. The highest BCUT2D eigenvalue weighted by molar-refractivity contribution is 8.01. The molecular weight excluding hydrogens is 373 g/mol. The van der Waals surface area contributed by atoms with Crippen LogP contribution in [0.1, 0.15) is 31.9 Å². The number of benzene rings is 1. The van der Waals surface area contributed by atoms with Crippen LogP contribution in [0.2, 0.25) is 0 Å². The number of halogens is 1. The molecule has 3 atom stereocenters. The molecule has 28 heavy (non-hydrogen) atoms. The normalized spacial score (nSPS) is 30.7.